The molecule has 1 atom stereocenters. The predicted octanol–water partition coefficient (Wildman–Crippen LogP) is 8.39. The average Bonchev–Trinajstić information content (AvgIpc) is 2.86. The van der Waals surface area contributed by atoms with Gasteiger partial charge < -0.3 is 9.47 Å². The molecule has 0 aliphatic carbocycles. The van der Waals surface area contributed by atoms with Crippen molar-refractivity contribution in [1.82, 2.24) is 0 Å². The number of unbranched alkanes of at least 4 members (excludes halogenated alkanes) is 2. The fourth-order valence-corrected chi connectivity index (χ4v) is 5.26. The second-order valence-corrected chi connectivity index (χ2v) is 16.3. The first-order chi connectivity index (χ1) is 16.4. The van der Waals surface area contributed by atoms with Crippen molar-refractivity contribution in [3.8, 4) is 5.75 Å². The molecule has 0 bridgehead atoms. The third kappa shape index (κ3) is 6.86. The van der Waals surface area contributed by atoms with Crippen molar-refractivity contribution >= 4 is 13.1 Å². The number of benzene rings is 3. The first-order valence-corrected chi connectivity index (χ1v) is 16.9. The van der Waals surface area contributed by atoms with Crippen LogP contribution in [0.3, 0.4) is 0 Å². The zero-order valence-electron chi connectivity index (χ0n) is 21.5. The van der Waals surface area contributed by atoms with Crippen LogP contribution in [0.4, 0.5) is 0 Å². The highest BCUT2D eigenvalue weighted by atomic mass is 27.2. The van der Waals surface area contributed by atoms with Gasteiger partial charge in [-0.2, -0.15) is 17.4 Å². The van der Waals surface area contributed by atoms with E-state index in [-0.39, 0.29) is 6.10 Å². The Balaban J connectivity index is 2.19. The number of methoxy groups -OCH3 is 1. The van der Waals surface area contributed by atoms with Gasteiger partial charge in [0.2, 0.25) is 0 Å². The SMILES string of the molecule is CCCCCC(/C=[CH]/[Al-]([CH3])([CH3])[CH3])OC(c1ccccc1)(c1ccccc1)c1ccc(OC)cc1. The molecule has 3 aromatic carbocycles. The van der Waals surface area contributed by atoms with Crippen LogP contribution in [-0.4, -0.2) is 26.3 Å². The Morgan fingerprint density at radius 1 is 0.765 bits per heavy atom. The van der Waals surface area contributed by atoms with Crippen molar-refractivity contribution in [2.24, 2.45) is 0 Å². The van der Waals surface area contributed by atoms with Crippen molar-refractivity contribution in [3.05, 3.63) is 113 Å². The summed E-state index contributed by atoms with van der Waals surface area (Å²) in [4.78, 5) is 2.46. The summed E-state index contributed by atoms with van der Waals surface area (Å²) in [5.41, 5.74) is 2.65. The van der Waals surface area contributed by atoms with Crippen LogP contribution >= 0.6 is 0 Å². The van der Waals surface area contributed by atoms with E-state index in [1.807, 2.05) is 12.1 Å². The van der Waals surface area contributed by atoms with Crippen LogP contribution in [0.5, 0.6) is 5.75 Å². The van der Waals surface area contributed by atoms with Crippen LogP contribution in [0.2, 0.25) is 17.4 Å². The second-order valence-electron chi connectivity index (χ2n) is 10.4. The molecule has 3 heteroatoms. The summed E-state index contributed by atoms with van der Waals surface area (Å²) in [5.74, 6) is 8.05. The Morgan fingerprint density at radius 3 is 1.76 bits per heavy atom. The monoisotopic (exact) mass is 471 g/mol. The van der Waals surface area contributed by atoms with E-state index in [1.165, 1.54) is 12.8 Å². The van der Waals surface area contributed by atoms with Gasteiger partial charge in [0.1, 0.15) is 24.4 Å². The smallest absolute Gasteiger partial charge is 0.149 e. The van der Waals surface area contributed by atoms with E-state index in [9.17, 15) is 0 Å². The van der Waals surface area contributed by atoms with Gasteiger partial charge in [-0.15, -0.1) is 6.08 Å². The van der Waals surface area contributed by atoms with Crippen LogP contribution in [0.1, 0.15) is 49.3 Å². The standard InChI is InChI=1S/C28H31O2.3CH3.Al/c1-4-6-9-18-26(5-2)30-28(23-14-10-7-11-15-23,24-16-12-8-13-17-24)25-19-21-27(29-3)22-20-25;;;;/h2,5,7-8,10-17,19-22,26H,4,6,9,18H2,1,3H3;3*1H3;/q;;;;-1. The van der Waals surface area contributed by atoms with E-state index in [4.69, 9.17) is 9.47 Å². The lowest BCUT2D eigenvalue weighted by Gasteiger charge is -2.39. The minimum Gasteiger partial charge on any atom is -0.497 e. The van der Waals surface area contributed by atoms with Crippen molar-refractivity contribution in [2.45, 2.75) is 61.7 Å². The van der Waals surface area contributed by atoms with E-state index in [0.29, 0.717) is 0 Å². The topological polar surface area (TPSA) is 18.5 Å². The van der Waals surface area contributed by atoms with Gasteiger partial charge in [0.25, 0.3) is 0 Å². The first-order valence-electron chi connectivity index (χ1n) is 12.8. The molecule has 0 heterocycles. The summed E-state index contributed by atoms with van der Waals surface area (Å²) in [5, 5.41) is 0. The maximum Gasteiger partial charge on any atom is 0.149 e. The van der Waals surface area contributed by atoms with Gasteiger partial charge in [0.15, 0.2) is 0 Å². The number of rotatable bonds is 12. The largest absolute Gasteiger partial charge is 0.497 e. The number of hydrogen-bond donors (Lipinski definition) is 0. The number of ether oxygens (including phenoxy) is 2. The molecule has 34 heavy (non-hydrogen) atoms. The highest BCUT2D eigenvalue weighted by Crippen LogP contribution is 2.42. The Bertz CT molecular complexity index is 965. The third-order valence-electron chi connectivity index (χ3n) is 6.18. The fourth-order valence-electron chi connectivity index (χ4n) is 4.35. The summed E-state index contributed by atoms with van der Waals surface area (Å²) < 4.78 is 12.8. The van der Waals surface area contributed by atoms with Gasteiger partial charge in [0.05, 0.1) is 13.2 Å². The van der Waals surface area contributed by atoms with E-state index in [2.05, 4.69) is 108 Å². The molecule has 0 saturated heterocycles. The van der Waals surface area contributed by atoms with Gasteiger partial charge in [-0.3, -0.25) is 4.94 Å². The zero-order valence-corrected chi connectivity index (χ0v) is 22.7. The summed E-state index contributed by atoms with van der Waals surface area (Å²) >= 11 is -1.66. The quantitative estimate of drug-likeness (QED) is 0.150. The molecule has 3 aromatic rings. The van der Waals surface area contributed by atoms with Gasteiger partial charge >= 0.3 is 0 Å². The Morgan fingerprint density at radius 2 is 1.29 bits per heavy atom. The van der Waals surface area contributed by atoms with Gasteiger partial charge in [-0.05, 0) is 35.2 Å². The summed E-state index contributed by atoms with van der Waals surface area (Å²) in [6.07, 6.45) is 6.96. The molecule has 0 N–H and O–H groups in total. The molecular weight excluding hydrogens is 431 g/mol. The Kier molecular flexibility index (Phi) is 9.60. The normalized spacial score (nSPS) is 13.2. The summed E-state index contributed by atoms with van der Waals surface area (Å²) in [6.45, 7) is 2.25. The van der Waals surface area contributed by atoms with Crippen molar-refractivity contribution in [3.63, 3.8) is 0 Å². The lowest BCUT2D eigenvalue weighted by Crippen LogP contribution is -2.36. The molecule has 0 saturated carbocycles. The van der Waals surface area contributed by atoms with Crippen molar-refractivity contribution in [2.75, 3.05) is 7.11 Å². The molecule has 0 aliphatic heterocycles. The van der Waals surface area contributed by atoms with E-state index in [1.54, 1.807) is 7.11 Å². The predicted molar refractivity (Wildman–Crippen MR) is 147 cm³/mol. The number of hydrogen-bond acceptors (Lipinski definition) is 2. The first kappa shape index (κ1) is 26.3. The highest BCUT2D eigenvalue weighted by Gasteiger charge is 2.39. The van der Waals surface area contributed by atoms with Gasteiger partial charge in [-0.1, -0.05) is 99.0 Å². The fraction of sp³-hybridized carbons (Fsp3) is 0.355. The lowest BCUT2D eigenvalue weighted by molar-refractivity contribution is -0.0286. The molecule has 1 unspecified atom stereocenters. The van der Waals surface area contributed by atoms with Gasteiger partial charge in [0, 0.05) is 0 Å². The van der Waals surface area contributed by atoms with Crippen molar-refractivity contribution in [1.29, 1.82) is 0 Å². The Labute approximate surface area is 209 Å². The molecule has 0 aliphatic rings. The molecule has 0 aromatic heterocycles. The van der Waals surface area contributed by atoms with E-state index >= 15 is 0 Å². The molecule has 0 spiro atoms. The van der Waals surface area contributed by atoms with Crippen LogP contribution in [0.15, 0.2) is 95.9 Å². The molecule has 2 nitrogen and oxygen atoms in total. The zero-order chi connectivity index (χ0) is 24.4. The minimum atomic E-state index is -1.66. The lowest BCUT2D eigenvalue weighted by atomic mass is 9.79. The second kappa shape index (κ2) is 12.4. The average molecular weight is 472 g/mol. The molecule has 0 amide bonds. The van der Waals surface area contributed by atoms with Gasteiger partial charge in [-0.25, -0.2) is 0 Å². The van der Waals surface area contributed by atoms with Crippen molar-refractivity contribution < 1.29 is 9.47 Å². The van der Waals surface area contributed by atoms with E-state index < -0.39 is 18.7 Å². The molecule has 3 rings (SSSR count). The molecule has 180 valence electrons. The summed E-state index contributed by atoms with van der Waals surface area (Å²) in [7, 11) is 1.71. The van der Waals surface area contributed by atoms with Crippen LogP contribution in [-0.2, 0) is 10.3 Å². The minimum absolute atomic E-state index is 0.0216. The molecule has 0 fully saturated rings. The molecular formula is C31H40AlO2-. The molecule has 0 radical (unpaired) electrons. The Hall–Kier alpha value is -2.31. The van der Waals surface area contributed by atoms with Crippen LogP contribution in [0, 0.1) is 0 Å². The van der Waals surface area contributed by atoms with Crippen LogP contribution < -0.4 is 4.74 Å². The maximum atomic E-state index is 7.31. The third-order valence-corrected chi connectivity index (χ3v) is 7.56. The van der Waals surface area contributed by atoms with E-state index in [0.717, 1.165) is 35.3 Å². The summed E-state index contributed by atoms with van der Waals surface area (Å²) in [6, 6.07) is 29.6. The maximum absolute atomic E-state index is 7.31. The van der Waals surface area contributed by atoms with Crippen LogP contribution in [0.25, 0.3) is 0 Å². The highest BCUT2D eigenvalue weighted by molar-refractivity contribution is 6.80.